The highest BCUT2D eigenvalue weighted by atomic mass is 15.1. The van der Waals surface area contributed by atoms with Crippen molar-refractivity contribution in [1.82, 2.24) is 0 Å². The number of para-hydroxylation sites is 2. The number of rotatable bonds is 6. The zero-order chi connectivity index (χ0) is 36.4. The van der Waals surface area contributed by atoms with E-state index in [0.29, 0.717) is 16.2 Å². The molecule has 2 unspecified atom stereocenters. The van der Waals surface area contributed by atoms with Gasteiger partial charge in [0.05, 0.1) is 0 Å². The Balaban J connectivity index is 1.02. The van der Waals surface area contributed by atoms with Gasteiger partial charge in [-0.1, -0.05) is 140 Å². The summed E-state index contributed by atoms with van der Waals surface area (Å²) in [5.74, 6) is 1.69. The minimum Gasteiger partial charge on any atom is -0.310 e. The number of hydrogen-bond acceptors (Lipinski definition) is 1. The Morgan fingerprint density at radius 1 is 0.436 bits per heavy atom. The van der Waals surface area contributed by atoms with Crippen molar-refractivity contribution in [3.63, 3.8) is 0 Å². The molecule has 55 heavy (non-hydrogen) atoms. The maximum atomic E-state index is 4.01. The summed E-state index contributed by atoms with van der Waals surface area (Å²) in [5.41, 5.74) is 19.4. The molecule has 0 radical (unpaired) electrons. The fraction of sp³-hybridized carbons (Fsp3) is 0.185. The molecule has 0 saturated heterocycles. The minimum atomic E-state index is 0.296. The van der Waals surface area contributed by atoms with Crippen LogP contribution in [0.2, 0.25) is 0 Å². The molecule has 0 N–H and O–H groups in total. The molecule has 4 fully saturated rings. The zero-order valence-corrected chi connectivity index (χ0v) is 31.1. The number of hydrogen-bond donors (Lipinski definition) is 0. The average molecular weight is 706 g/mol. The Morgan fingerprint density at radius 3 is 1.47 bits per heavy atom. The molecule has 0 amide bonds. The number of benzene rings is 7. The SMILES string of the molecule is C=Cc1ccc(C23CC4CC5(c6ccc7c(c6)-c6ccccc6-c6ccccc6-c6cc(N(c8ccccc8)c8ccccc8)ccc6-7)CC(C2)C45C3)cc1. The zero-order valence-electron chi connectivity index (χ0n) is 31.1. The van der Waals surface area contributed by atoms with Crippen LogP contribution in [-0.4, -0.2) is 0 Å². The molecule has 1 spiro atoms. The maximum Gasteiger partial charge on any atom is 0.0468 e. The lowest BCUT2D eigenvalue weighted by Gasteiger charge is -2.75. The summed E-state index contributed by atoms with van der Waals surface area (Å²) in [6.07, 6.45) is 8.74. The molecule has 0 aliphatic heterocycles. The summed E-state index contributed by atoms with van der Waals surface area (Å²) in [7, 11) is 0. The van der Waals surface area contributed by atoms with Crippen molar-refractivity contribution in [3.8, 4) is 44.5 Å². The summed E-state index contributed by atoms with van der Waals surface area (Å²) in [6, 6.07) is 64.0. The third kappa shape index (κ3) is 4.14. The standard InChI is InChI=1S/C54H43N/c1-2-36-21-23-37(24-22-36)52-31-39-33-53(34-40(32-52)54(39,53)35-52)38-25-27-48-49-28-26-43(55(41-13-5-3-6-14-41)42-15-7-4-8-16-42)30-51(49)47-20-12-10-18-45(47)44-17-9-11-19-46(44)50(48)29-38/h2-30,39-40H,1,31-35H2. The van der Waals surface area contributed by atoms with E-state index in [1.54, 1.807) is 11.1 Å². The molecule has 0 aromatic heterocycles. The lowest BCUT2D eigenvalue weighted by Crippen LogP contribution is -2.71. The Kier molecular flexibility index (Phi) is 6.46. The van der Waals surface area contributed by atoms with Crippen molar-refractivity contribution < 1.29 is 0 Å². The van der Waals surface area contributed by atoms with Crippen LogP contribution in [0.1, 0.15) is 48.8 Å². The topological polar surface area (TPSA) is 3.24 Å². The van der Waals surface area contributed by atoms with E-state index in [1.165, 1.54) is 82.2 Å². The van der Waals surface area contributed by atoms with Gasteiger partial charge in [-0.2, -0.15) is 0 Å². The largest absolute Gasteiger partial charge is 0.310 e. The fourth-order valence-corrected chi connectivity index (χ4v) is 13.0. The van der Waals surface area contributed by atoms with Gasteiger partial charge in [-0.3, -0.25) is 0 Å². The highest BCUT2D eigenvalue weighted by Crippen LogP contribution is 2.89. The highest BCUT2D eigenvalue weighted by Gasteiger charge is 2.84. The van der Waals surface area contributed by atoms with Gasteiger partial charge in [0.1, 0.15) is 0 Å². The van der Waals surface area contributed by atoms with Crippen LogP contribution in [0.4, 0.5) is 17.1 Å². The van der Waals surface area contributed by atoms with E-state index in [0.717, 1.165) is 28.9 Å². The molecule has 7 aromatic rings. The minimum absolute atomic E-state index is 0.296. The van der Waals surface area contributed by atoms with E-state index < -0.39 is 0 Å². The quantitative estimate of drug-likeness (QED) is 0.166. The van der Waals surface area contributed by atoms with Crippen LogP contribution in [0.15, 0.2) is 176 Å². The van der Waals surface area contributed by atoms with E-state index in [-0.39, 0.29) is 0 Å². The van der Waals surface area contributed by atoms with Gasteiger partial charge in [-0.05, 0) is 158 Å². The Hall–Kier alpha value is -5.92. The summed E-state index contributed by atoms with van der Waals surface area (Å²) in [4.78, 5) is 2.38. The van der Waals surface area contributed by atoms with Crippen molar-refractivity contribution in [3.05, 3.63) is 193 Å². The van der Waals surface area contributed by atoms with Crippen molar-refractivity contribution in [2.75, 3.05) is 4.90 Å². The Bertz CT molecular complexity index is 2610. The molecule has 264 valence electrons. The molecule has 2 atom stereocenters. The first-order chi connectivity index (χ1) is 27.1. The van der Waals surface area contributed by atoms with Gasteiger partial charge in [0.2, 0.25) is 0 Å². The van der Waals surface area contributed by atoms with Crippen molar-refractivity contribution >= 4 is 23.1 Å². The first kappa shape index (κ1) is 31.4. The second-order valence-electron chi connectivity index (χ2n) is 17.2. The third-order valence-corrected chi connectivity index (χ3v) is 15.1. The van der Waals surface area contributed by atoms with Crippen molar-refractivity contribution in [2.24, 2.45) is 17.3 Å². The normalized spacial score (nSPS) is 25.7. The molecule has 5 aliphatic rings. The van der Waals surface area contributed by atoms with E-state index in [4.69, 9.17) is 0 Å². The molecule has 1 nitrogen and oxygen atoms in total. The second-order valence-corrected chi connectivity index (χ2v) is 17.2. The Morgan fingerprint density at radius 2 is 0.909 bits per heavy atom. The molecular formula is C54H43N. The lowest BCUT2D eigenvalue weighted by molar-refractivity contribution is -0.206. The van der Waals surface area contributed by atoms with Crippen molar-refractivity contribution in [1.29, 1.82) is 0 Å². The van der Waals surface area contributed by atoms with Crippen molar-refractivity contribution in [2.45, 2.75) is 42.9 Å². The van der Waals surface area contributed by atoms with Gasteiger partial charge in [0.25, 0.3) is 0 Å². The van der Waals surface area contributed by atoms with E-state index in [9.17, 15) is 0 Å². The van der Waals surface area contributed by atoms with Crippen LogP contribution < -0.4 is 4.90 Å². The van der Waals surface area contributed by atoms with E-state index >= 15 is 0 Å². The smallest absolute Gasteiger partial charge is 0.0468 e. The first-order valence-electron chi connectivity index (χ1n) is 20.2. The van der Waals surface area contributed by atoms with E-state index in [2.05, 4.69) is 181 Å². The third-order valence-electron chi connectivity index (χ3n) is 15.1. The van der Waals surface area contributed by atoms with Crippen LogP contribution in [-0.2, 0) is 10.8 Å². The van der Waals surface area contributed by atoms with Crippen LogP contribution >= 0.6 is 0 Å². The maximum absolute atomic E-state index is 4.01. The average Bonchev–Trinajstić information content (AvgIpc) is 3.74. The van der Waals surface area contributed by atoms with Crippen LogP contribution in [0, 0.1) is 17.3 Å². The number of nitrogens with zero attached hydrogens (tertiary/aromatic N) is 1. The summed E-state index contributed by atoms with van der Waals surface area (Å²) in [5, 5.41) is 0. The first-order valence-corrected chi connectivity index (χ1v) is 20.2. The summed E-state index contributed by atoms with van der Waals surface area (Å²) in [6.45, 7) is 4.01. The predicted octanol–water partition coefficient (Wildman–Crippen LogP) is 14.2. The molecule has 12 rings (SSSR count). The van der Waals surface area contributed by atoms with Crippen LogP contribution in [0.5, 0.6) is 0 Å². The predicted molar refractivity (Wildman–Crippen MR) is 229 cm³/mol. The second kappa shape index (κ2) is 11.3. The molecule has 2 bridgehead atoms. The van der Waals surface area contributed by atoms with Gasteiger partial charge in [-0.25, -0.2) is 0 Å². The Labute approximate surface area is 324 Å². The highest BCUT2D eigenvalue weighted by molar-refractivity contribution is 6.04. The van der Waals surface area contributed by atoms with Crippen LogP contribution in [0.3, 0.4) is 0 Å². The van der Waals surface area contributed by atoms with Gasteiger partial charge in [0, 0.05) is 22.5 Å². The number of fused-ring (bicyclic) bond motifs is 9. The van der Waals surface area contributed by atoms with E-state index in [1.807, 2.05) is 6.08 Å². The molecule has 5 aliphatic carbocycles. The summed E-state index contributed by atoms with van der Waals surface area (Å²) < 4.78 is 0. The van der Waals surface area contributed by atoms with Gasteiger partial charge in [-0.15, -0.1) is 0 Å². The van der Waals surface area contributed by atoms with Gasteiger partial charge in [0.15, 0.2) is 0 Å². The monoisotopic (exact) mass is 705 g/mol. The number of anilines is 3. The van der Waals surface area contributed by atoms with Gasteiger partial charge >= 0.3 is 0 Å². The molecule has 7 aromatic carbocycles. The van der Waals surface area contributed by atoms with Gasteiger partial charge < -0.3 is 4.90 Å². The molecule has 4 saturated carbocycles. The molecule has 1 heteroatoms. The van der Waals surface area contributed by atoms with Crippen LogP contribution in [0.25, 0.3) is 50.6 Å². The molecule has 0 heterocycles. The molecular weight excluding hydrogens is 663 g/mol. The fourth-order valence-electron chi connectivity index (χ4n) is 13.0. The lowest BCUT2D eigenvalue weighted by atomic mass is 9.29. The summed E-state index contributed by atoms with van der Waals surface area (Å²) >= 11 is 0.